The molecule has 0 aliphatic heterocycles. The molecule has 1 N–H and O–H groups in total. The van der Waals surface area contributed by atoms with Crippen LogP contribution in [-0.4, -0.2) is 29.2 Å². The monoisotopic (exact) mass is 477 g/mol. The summed E-state index contributed by atoms with van der Waals surface area (Å²) in [5.74, 6) is 1.13. The van der Waals surface area contributed by atoms with Crippen LogP contribution in [0.4, 0.5) is 5.69 Å². The highest BCUT2D eigenvalue weighted by atomic mass is 32.1. The van der Waals surface area contributed by atoms with Gasteiger partial charge in [0, 0.05) is 6.54 Å². The number of nitrogens with one attached hydrogen (secondary N) is 1. The highest BCUT2D eigenvalue weighted by Crippen LogP contribution is 2.29. The number of para-hydroxylation sites is 2. The predicted molar refractivity (Wildman–Crippen MR) is 135 cm³/mol. The van der Waals surface area contributed by atoms with Gasteiger partial charge in [-0.15, -0.1) is 11.3 Å². The van der Waals surface area contributed by atoms with Crippen molar-refractivity contribution in [1.29, 1.82) is 0 Å². The summed E-state index contributed by atoms with van der Waals surface area (Å²) in [6, 6.07) is 15.2. The zero-order valence-electron chi connectivity index (χ0n) is 19.5. The van der Waals surface area contributed by atoms with E-state index in [9.17, 15) is 9.59 Å². The van der Waals surface area contributed by atoms with Crippen LogP contribution in [0.3, 0.4) is 0 Å². The molecule has 0 aliphatic carbocycles. The largest absolute Gasteiger partial charge is 0.495 e. The van der Waals surface area contributed by atoms with Crippen molar-refractivity contribution in [2.75, 3.05) is 19.0 Å². The number of unbranched alkanes of at least 4 members (excludes halogenated alkanes) is 1. The predicted octanol–water partition coefficient (Wildman–Crippen LogP) is 5.19. The molecular formula is C26H27N3O4S. The Kier molecular flexibility index (Phi) is 7.27. The normalized spacial score (nSPS) is 10.9. The topological polar surface area (TPSA) is 82.4 Å². The molecule has 34 heavy (non-hydrogen) atoms. The first-order valence-electron chi connectivity index (χ1n) is 11.1. The van der Waals surface area contributed by atoms with Gasteiger partial charge in [0.15, 0.2) is 0 Å². The van der Waals surface area contributed by atoms with Crippen LogP contribution in [0.15, 0.2) is 59.7 Å². The molecule has 1 amide bonds. The first-order valence-corrected chi connectivity index (χ1v) is 11.9. The number of methoxy groups -OCH3 is 1. The van der Waals surface area contributed by atoms with Gasteiger partial charge in [-0.3, -0.25) is 14.2 Å². The third-order valence-corrected chi connectivity index (χ3v) is 6.76. The Hall–Kier alpha value is -3.65. The van der Waals surface area contributed by atoms with Crippen LogP contribution >= 0.6 is 11.3 Å². The summed E-state index contributed by atoms with van der Waals surface area (Å²) >= 11 is 1.22. The van der Waals surface area contributed by atoms with Gasteiger partial charge >= 0.3 is 0 Å². The number of carbonyl (C=O) groups is 1. The van der Waals surface area contributed by atoms with Crippen molar-refractivity contribution in [1.82, 2.24) is 9.55 Å². The lowest BCUT2D eigenvalue weighted by molar-refractivity contribution is 0.102. The van der Waals surface area contributed by atoms with E-state index < -0.39 is 0 Å². The summed E-state index contributed by atoms with van der Waals surface area (Å²) in [7, 11) is 1.55. The molecule has 0 radical (unpaired) electrons. The van der Waals surface area contributed by atoms with Crippen molar-refractivity contribution in [3.63, 3.8) is 0 Å². The molecule has 4 aromatic rings. The lowest BCUT2D eigenvalue weighted by Crippen LogP contribution is -2.21. The Morgan fingerprint density at radius 2 is 1.85 bits per heavy atom. The van der Waals surface area contributed by atoms with Gasteiger partial charge in [-0.2, -0.15) is 0 Å². The molecule has 0 bridgehead atoms. The number of aryl methyl sites for hydroxylation is 3. The number of benzene rings is 2. The van der Waals surface area contributed by atoms with Gasteiger partial charge in [0.25, 0.3) is 11.5 Å². The molecule has 2 aromatic heterocycles. The smallest absolute Gasteiger partial charge is 0.266 e. The molecule has 2 heterocycles. The van der Waals surface area contributed by atoms with E-state index in [2.05, 4.69) is 10.3 Å². The zero-order valence-corrected chi connectivity index (χ0v) is 20.3. The molecule has 0 unspecified atom stereocenters. The fraction of sp³-hybridized carbons (Fsp3) is 0.269. The molecular weight excluding hydrogens is 450 g/mol. The number of anilines is 1. The van der Waals surface area contributed by atoms with Crippen LogP contribution < -0.4 is 20.3 Å². The quantitative estimate of drug-likeness (QED) is 0.335. The van der Waals surface area contributed by atoms with Crippen LogP contribution in [0.25, 0.3) is 10.2 Å². The second kappa shape index (κ2) is 10.5. The maximum Gasteiger partial charge on any atom is 0.266 e. The minimum atomic E-state index is -0.288. The first-order chi connectivity index (χ1) is 16.5. The number of nitrogens with zero attached hydrogens (tertiary/aromatic N) is 2. The van der Waals surface area contributed by atoms with Gasteiger partial charge in [-0.25, -0.2) is 4.98 Å². The third kappa shape index (κ3) is 5.12. The third-order valence-electron chi connectivity index (χ3n) is 5.56. The average molecular weight is 478 g/mol. The summed E-state index contributed by atoms with van der Waals surface area (Å²) in [5, 5.41) is 3.37. The molecule has 7 nitrogen and oxygen atoms in total. The number of hydrogen-bond acceptors (Lipinski definition) is 6. The number of amides is 1. The Morgan fingerprint density at radius 3 is 2.62 bits per heavy atom. The van der Waals surface area contributed by atoms with Crippen LogP contribution in [-0.2, 0) is 6.54 Å². The van der Waals surface area contributed by atoms with E-state index >= 15 is 0 Å². The van der Waals surface area contributed by atoms with Crippen molar-refractivity contribution in [2.24, 2.45) is 0 Å². The van der Waals surface area contributed by atoms with E-state index in [-0.39, 0.29) is 11.5 Å². The van der Waals surface area contributed by atoms with Gasteiger partial charge < -0.3 is 14.8 Å². The second-order valence-corrected chi connectivity index (χ2v) is 9.00. The van der Waals surface area contributed by atoms with E-state index in [1.807, 2.05) is 43.3 Å². The molecule has 0 fully saturated rings. The Bertz CT molecular complexity index is 1360. The zero-order chi connectivity index (χ0) is 24.1. The number of thiophene rings is 1. The Balaban J connectivity index is 1.43. The number of ether oxygens (including phenoxy) is 2. The maximum absolute atomic E-state index is 13.1. The molecule has 0 aliphatic rings. The van der Waals surface area contributed by atoms with Gasteiger partial charge in [0.2, 0.25) is 0 Å². The molecule has 4 rings (SSSR count). The average Bonchev–Trinajstić information content (AvgIpc) is 3.19. The fourth-order valence-corrected chi connectivity index (χ4v) is 4.71. The maximum atomic E-state index is 13.1. The number of fused-ring (bicyclic) bond motifs is 1. The second-order valence-electron chi connectivity index (χ2n) is 8.00. The molecule has 0 saturated heterocycles. The SMILES string of the molecule is COc1ccccc1NC(=O)c1sc2ncn(CCCCOc3ccc(C)cc3)c(=O)c2c1C. The van der Waals surface area contributed by atoms with Crippen molar-refractivity contribution in [2.45, 2.75) is 33.2 Å². The van der Waals surface area contributed by atoms with Gasteiger partial charge in [-0.1, -0.05) is 29.8 Å². The van der Waals surface area contributed by atoms with Gasteiger partial charge in [0.1, 0.15) is 16.3 Å². The number of hydrogen-bond donors (Lipinski definition) is 1. The highest BCUT2D eigenvalue weighted by Gasteiger charge is 2.20. The Labute approximate surface area is 202 Å². The van der Waals surface area contributed by atoms with E-state index in [1.54, 1.807) is 37.1 Å². The van der Waals surface area contributed by atoms with Crippen LogP contribution in [0.1, 0.15) is 33.6 Å². The minimum absolute atomic E-state index is 0.130. The summed E-state index contributed by atoms with van der Waals surface area (Å²) in [6.45, 7) is 4.95. The molecule has 8 heteroatoms. The van der Waals surface area contributed by atoms with Crippen molar-refractivity contribution in [3.8, 4) is 11.5 Å². The first kappa shape index (κ1) is 23.5. The lowest BCUT2D eigenvalue weighted by Gasteiger charge is -2.09. The summed E-state index contributed by atoms with van der Waals surface area (Å²) in [5.41, 5.74) is 2.28. The Morgan fingerprint density at radius 1 is 1.09 bits per heavy atom. The molecule has 0 saturated carbocycles. The number of aromatic nitrogens is 2. The highest BCUT2D eigenvalue weighted by molar-refractivity contribution is 7.20. The summed E-state index contributed by atoms with van der Waals surface area (Å²) < 4.78 is 12.7. The van der Waals surface area contributed by atoms with Crippen LogP contribution in [0.2, 0.25) is 0 Å². The van der Waals surface area contributed by atoms with Crippen molar-refractivity contribution < 1.29 is 14.3 Å². The molecule has 176 valence electrons. The molecule has 0 atom stereocenters. The van der Waals surface area contributed by atoms with Crippen LogP contribution in [0.5, 0.6) is 11.5 Å². The van der Waals surface area contributed by atoms with Crippen LogP contribution in [0, 0.1) is 13.8 Å². The summed E-state index contributed by atoms with van der Waals surface area (Å²) in [4.78, 5) is 31.5. The summed E-state index contributed by atoms with van der Waals surface area (Å²) in [6.07, 6.45) is 3.15. The van der Waals surface area contributed by atoms with E-state index in [0.29, 0.717) is 45.2 Å². The molecule has 2 aromatic carbocycles. The minimum Gasteiger partial charge on any atom is -0.495 e. The number of carbonyl (C=O) groups excluding carboxylic acids is 1. The fourth-order valence-electron chi connectivity index (χ4n) is 3.67. The van der Waals surface area contributed by atoms with E-state index in [0.717, 1.165) is 18.6 Å². The number of rotatable bonds is 9. The van der Waals surface area contributed by atoms with Gasteiger partial charge in [0.05, 0.1) is 36.0 Å². The standard InChI is InChI=1S/C26H27N3O4S/c1-17-10-12-19(13-11-17)33-15-7-6-14-29-16-27-25-22(26(29)31)18(2)23(34-25)24(30)28-20-8-4-5-9-21(20)32-3/h4-5,8-13,16H,6-7,14-15H2,1-3H3,(H,28,30). The van der Waals surface area contributed by atoms with Crippen molar-refractivity contribution in [3.05, 3.63) is 81.2 Å². The lowest BCUT2D eigenvalue weighted by atomic mass is 10.2. The molecule has 0 spiro atoms. The van der Waals surface area contributed by atoms with E-state index in [4.69, 9.17) is 9.47 Å². The van der Waals surface area contributed by atoms with Crippen molar-refractivity contribution >= 4 is 33.1 Å². The van der Waals surface area contributed by atoms with Gasteiger partial charge in [-0.05, 0) is 56.5 Å². The van der Waals surface area contributed by atoms with E-state index in [1.165, 1.54) is 16.9 Å².